The Balaban J connectivity index is 0.581. The van der Waals surface area contributed by atoms with Crippen molar-refractivity contribution in [2.24, 2.45) is 0 Å². The summed E-state index contributed by atoms with van der Waals surface area (Å²) < 4.78 is 0. The minimum atomic E-state index is -0.404. The van der Waals surface area contributed by atoms with Gasteiger partial charge in [0.15, 0.2) is 0 Å². The van der Waals surface area contributed by atoms with Crippen LogP contribution in [0.3, 0.4) is 0 Å². The van der Waals surface area contributed by atoms with Gasteiger partial charge in [0.1, 0.15) is 0 Å². The zero-order valence-electron chi connectivity index (χ0n) is 73.8. The topological polar surface area (TPSA) is 150 Å². The molecule has 8 amide bonds. The number of hydrogen-bond donors (Lipinski definition) is 0. The van der Waals surface area contributed by atoms with E-state index in [9.17, 15) is 19.2 Å². The van der Waals surface area contributed by atoms with Gasteiger partial charge in [-0.15, -0.1) is 0 Å². The molecule has 4 heterocycles. The molecule has 12 nitrogen and oxygen atoms in total. The molecular formula is C112H122N4O8. The first-order valence-electron chi connectivity index (χ1n) is 47.9. The van der Waals surface area contributed by atoms with E-state index >= 15 is 19.2 Å². The third kappa shape index (κ3) is 17.6. The monoisotopic (exact) mass is 1650 g/mol. The van der Waals surface area contributed by atoms with Crippen LogP contribution < -0.4 is 0 Å². The Morgan fingerprint density at radius 1 is 0.226 bits per heavy atom. The number of amides is 8. The van der Waals surface area contributed by atoms with Gasteiger partial charge in [0.05, 0.1) is 13.1 Å². The summed E-state index contributed by atoms with van der Waals surface area (Å²) in [4.78, 5) is 126. The van der Waals surface area contributed by atoms with Gasteiger partial charge in [-0.1, -0.05) is 343 Å². The molecule has 4 aliphatic rings. The lowest BCUT2D eigenvalue weighted by atomic mass is 9.82. The summed E-state index contributed by atoms with van der Waals surface area (Å²) in [5.74, 6) is 9.81. The molecule has 4 aliphatic heterocycles. The van der Waals surface area contributed by atoms with Crippen LogP contribution >= 0.6 is 0 Å². The van der Waals surface area contributed by atoms with Gasteiger partial charge in [-0.3, -0.25) is 58.0 Å². The van der Waals surface area contributed by atoms with Crippen molar-refractivity contribution in [3.05, 3.63) is 212 Å². The summed E-state index contributed by atoms with van der Waals surface area (Å²) in [5, 5.41) is 12.7. The second-order valence-corrected chi connectivity index (χ2v) is 36.3. The maximum absolute atomic E-state index is 15.1. The number of rotatable bonds is 46. The molecule has 0 saturated carbocycles. The number of benzene rings is 12. The van der Waals surface area contributed by atoms with Crippen molar-refractivity contribution in [1.29, 1.82) is 0 Å². The predicted molar refractivity (Wildman–Crippen MR) is 506 cm³/mol. The lowest BCUT2D eigenvalue weighted by Gasteiger charge is -2.35. The number of fused-ring (bicyclic) bond motifs is 4. The third-order valence-electron chi connectivity index (χ3n) is 27.8. The molecule has 0 fully saturated rings. The highest BCUT2D eigenvalue weighted by atomic mass is 16.2. The second kappa shape index (κ2) is 40.3. The molecule has 638 valence electrons. The van der Waals surface area contributed by atoms with Gasteiger partial charge in [0.2, 0.25) is 0 Å². The minimum absolute atomic E-state index is 0.00639. The Labute approximate surface area is 732 Å². The van der Waals surface area contributed by atoms with Crippen molar-refractivity contribution < 1.29 is 38.4 Å². The van der Waals surface area contributed by atoms with Gasteiger partial charge in [0, 0.05) is 89.3 Å². The highest BCUT2D eigenvalue weighted by Gasteiger charge is 2.43. The van der Waals surface area contributed by atoms with Gasteiger partial charge in [-0.2, -0.15) is 0 Å². The molecule has 12 heteroatoms. The van der Waals surface area contributed by atoms with Crippen LogP contribution in [0.5, 0.6) is 0 Å². The molecule has 0 aromatic heterocycles. The predicted octanol–water partition coefficient (Wildman–Crippen LogP) is 28.4. The van der Waals surface area contributed by atoms with E-state index in [-0.39, 0.29) is 48.8 Å². The second-order valence-electron chi connectivity index (χ2n) is 36.3. The van der Waals surface area contributed by atoms with E-state index in [1.165, 1.54) is 190 Å². The third-order valence-corrected chi connectivity index (χ3v) is 27.8. The standard InChI is InChI=1S/C112H122N4O8/c1-5-9-13-17-21-25-29-33-37-51-79(52-38-34-30-26-22-18-14-10-6-2)115-109(121)93-67-59-85-81-55-63-89-101-90(64-56-82(97(81)101)86-60-68-94(110(115)122)103(93)99(85)86)106(118)113(105(89)117)73-77-49-43-47-75(71-77)45-41-42-46-76-48-44-50-78(72-76)74-114-107(119)91-65-57-83-87-61-69-95-104-96(70-62-88(100(87)104)84-58-66-92(108(114)120)102(91)98(83)84)112(124)116(111(95)123)80(53-39-35-31-27-23-19-15-11-7-3)54-40-36-32-28-24-20-16-12-8-4/h43-44,47-50,55-72,79-80H,5-40,51-54,73-74H2,1-4H3. The summed E-state index contributed by atoms with van der Waals surface area (Å²) in [7, 11) is 0. The lowest BCUT2D eigenvalue weighted by Crippen LogP contribution is -2.47. The zero-order chi connectivity index (χ0) is 85.7. The quantitative estimate of drug-likeness (QED) is 0.0120. The van der Waals surface area contributed by atoms with Crippen molar-refractivity contribution in [3.63, 3.8) is 0 Å². The average Bonchev–Trinajstić information content (AvgIpc) is 0.692. The fourth-order valence-corrected chi connectivity index (χ4v) is 21.3. The first-order chi connectivity index (χ1) is 60.8. The SMILES string of the molecule is CCCCCCCCCCCC(CCCCCCCCCCC)N1C(=O)c2ccc3c4ccc5c6c(ccc(c7ccc(c2c37)C1=O)c64)C(=O)N(Cc1cccc(C#CC#Cc2cccc(CN3C(=O)c4ccc6c7ccc8c9c(ccc(c%10ccc(c4c6%10)C3=O)c97)C(=O)N(C(CCCCCCCCCCC)CCCCCCCCCCC)C8=O)c2)c1)C5=O. The Morgan fingerprint density at radius 3 is 0.645 bits per heavy atom. The Hall–Kier alpha value is -11.1. The molecular weight excluding hydrogens is 1530 g/mol. The number of hydrogen-bond acceptors (Lipinski definition) is 8. The van der Waals surface area contributed by atoms with Gasteiger partial charge >= 0.3 is 0 Å². The van der Waals surface area contributed by atoms with Crippen molar-refractivity contribution in [2.75, 3.05) is 0 Å². The number of imide groups is 4. The molecule has 16 rings (SSSR count). The van der Waals surface area contributed by atoms with Crippen molar-refractivity contribution >= 4 is 133 Å². The maximum atomic E-state index is 15.1. The minimum Gasteiger partial charge on any atom is -0.271 e. The van der Waals surface area contributed by atoms with Crippen LogP contribution in [0, 0.1) is 23.7 Å². The van der Waals surface area contributed by atoms with E-state index in [4.69, 9.17) is 0 Å². The zero-order valence-corrected chi connectivity index (χ0v) is 73.8. The smallest absolute Gasteiger partial charge is 0.261 e. The molecule has 0 radical (unpaired) electrons. The van der Waals surface area contributed by atoms with Crippen LogP contribution in [0.4, 0.5) is 0 Å². The highest BCUT2D eigenvalue weighted by Crippen LogP contribution is 2.50. The highest BCUT2D eigenvalue weighted by molar-refractivity contribution is 6.43. The van der Waals surface area contributed by atoms with Crippen LogP contribution in [-0.4, -0.2) is 78.9 Å². The van der Waals surface area contributed by atoms with Crippen molar-refractivity contribution in [2.45, 2.75) is 310 Å². The number of carbonyl (C=O) groups excluding carboxylic acids is 8. The largest absolute Gasteiger partial charge is 0.271 e. The number of nitrogens with zero attached hydrogens (tertiary/aromatic N) is 4. The van der Waals surface area contributed by atoms with E-state index in [1.54, 1.807) is 9.80 Å². The Morgan fingerprint density at radius 2 is 0.427 bits per heavy atom. The average molecular weight is 1650 g/mol. The molecule has 124 heavy (non-hydrogen) atoms. The maximum Gasteiger partial charge on any atom is 0.261 e. The molecule has 0 atom stereocenters. The van der Waals surface area contributed by atoms with Crippen LogP contribution in [0.25, 0.3) is 86.2 Å². The van der Waals surface area contributed by atoms with Crippen LogP contribution in [0.1, 0.15) is 390 Å². The molecule has 0 saturated heterocycles. The van der Waals surface area contributed by atoms with Crippen molar-refractivity contribution in [3.8, 4) is 23.7 Å². The van der Waals surface area contributed by atoms with Gasteiger partial charge < -0.3 is 0 Å². The Kier molecular flexibility index (Phi) is 28.1. The van der Waals surface area contributed by atoms with E-state index in [2.05, 4.69) is 51.4 Å². The fourth-order valence-electron chi connectivity index (χ4n) is 21.3. The van der Waals surface area contributed by atoms with Gasteiger partial charge in [-0.25, -0.2) is 0 Å². The van der Waals surface area contributed by atoms with Crippen LogP contribution in [-0.2, 0) is 13.1 Å². The molecule has 0 unspecified atom stereocenters. The molecule has 0 spiro atoms. The number of carbonyl (C=O) groups is 8. The number of unbranched alkanes of at least 4 members (excludes halogenated alkanes) is 32. The molecule has 0 N–H and O–H groups in total. The summed E-state index contributed by atoms with van der Waals surface area (Å²) in [5.41, 5.74) is 6.58. The van der Waals surface area contributed by atoms with Crippen LogP contribution in [0.2, 0.25) is 0 Å². The Bertz CT molecular complexity index is 5520. The summed E-state index contributed by atoms with van der Waals surface area (Å²) in [6, 6.07) is 45.3. The summed E-state index contributed by atoms with van der Waals surface area (Å²) in [6.07, 6.45) is 46.7. The van der Waals surface area contributed by atoms with Gasteiger partial charge in [0.25, 0.3) is 47.3 Å². The molecule has 0 bridgehead atoms. The lowest BCUT2D eigenvalue weighted by molar-refractivity contribution is 0.0501. The van der Waals surface area contributed by atoms with Crippen molar-refractivity contribution in [1.82, 2.24) is 19.6 Å². The normalized spacial score (nSPS) is 14.0. The fraction of sp³-hybridized carbons (Fsp3) is 0.429. The van der Waals surface area contributed by atoms with E-state index in [0.29, 0.717) is 88.3 Å². The van der Waals surface area contributed by atoms with E-state index in [0.717, 1.165) is 142 Å². The van der Waals surface area contributed by atoms with Crippen LogP contribution in [0.15, 0.2) is 146 Å². The first kappa shape index (κ1) is 86.4. The van der Waals surface area contributed by atoms with E-state index < -0.39 is 23.6 Å². The van der Waals surface area contributed by atoms with Gasteiger partial charge in [-0.05, 0) is 186 Å². The molecule has 12 aromatic carbocycles. The first-order valence-corrected chi connectivity index (χ1v) is 47.9. The molecule has 0 aliphatic carbocycles. The molecule has 12 aromatic rings. The summed E-state index contributed by atoms with van der Waals surface area (Å²) in [6.45, 7) is 9.02. The summed E-state index contributed by atoms with van der Waals surface area (Å²) >= 11 is 0. The van der Waals surface area contributed by atoms with E-state index in [1.807, 2.05) is 146 Å².